The molecule has 5 heteroatoms. The second-order valence-electron chi connectivity index (χ2n) is 3.33. The predicted molar refractivity (Wildman–Crippen MR) is 54.3 cm³/mol. The molecule has 0 spiro atoms. The van der Waals surface area contributed by atoms with Crippen molar-refractivity contribution in [1.82, 2.24) is 9.13 Å². The molecule has 1 heterocycles. The lowest BCUT2D eigenvalue weighted by molar-refractivity contribution is 0.554. The number of hydrogen-bond donors (Lipinski definition) is 0. The van der Waals surface area contributed by atoms with Crippen molar-refractivity contribution in [3.63, 3.8) is 0 Å². The fraction of sp³-hybridized carbons (Fsp3) is 0.556. The van der Waals surface area contributed by atoms with E-state index in [0.29, 0.717) is 0 Å². The van der Waals surface area contributed by atoms with E-state index in [2.05, 4.69) is 0 Å². The van der Waals surface area contributed by atoms with Crippen LogP contribution in [-0.4, -0.2) is 14.5 Å². The van der Waals surface area contributed by atoms with Crippen molar-refractivity contribution < 1.29 is 0 Å². The van der Waals surface area contributed by atoms with Crippen molar-refractivity contribution in [2.75, 3.05) is 0 Å². The van der Waals surface area contributed by atoms with Gasteiger partial charge in [-0.2, -0.15) is 5.26 Å². The summed E-state index contributed by atoms with van der Waals surface area (Å²) in [6.45, 7) is 4.08. The summed E-state index contributed by atoms with van der Waals surface area (Å²) in [7, 11) is 0. The molecule has 0 aliphatic carbocycles. The maximum Gasteiger partial charge on any atom is 0.328 e. The van der Waals surface area contributed by atoms with Gasteiger partial charge in [-0.1, -0.05) is 0 Å². The zero-order chi connectivity index (χ0) is 10.7. The van der Waals surface area contributed by atoms with Crippen LogP contribution in [0.15, 0.2) is 17.2 Å². The van der Waals surface area contributed by atoms with Gasteiger partial charge in [-0.05, 0) is 13.8 Å². The Kier molecular flexibility index (Phi) is 3.37. The van der Waals surface area contributed by atoms with Crippen molar-refractivity contribution >= 4 is 11.6 Å². The minimum Gasteiger partial charge on any atom is -0.297 e. The molecule has 0 aromatic carbocycles. The second-order valence-corrected chi connectivity index (χ2v) is 3.86. The van der Waals surface area contributed by atoms with Crippen molar-refractivity contribution in [2.24, 2.45) is 0 Å². The van der Waals surface area contributed by atoms with Crippen LogP contribution >= 0.6 is 11.6 Å². The average molecular weight is 214 g/mol. The molecule has 14 heavy (non-hydrogen) atoms. The lowest BCUT2D eigenvalue weighted by atomic mass is 10.4. The fourth-order valence-corrected chi connectivity index (χ4v) is 1.32. The van der Waals surface area contributed by atoms with Crippen molar-refractivity contribution in [3.8, 4) is 6.07 Å². The summed E-state index contributed by atoms with van der Waals surface area (Å²) < 4.78 is 3.04. The zero-order valence-electron chi connectivity index (χ0n) is 8.14. The van der Waals surface area contributed by atoms with Crippen LogP contribution in [0.3, 0.4) is 0 Å². The molecule has 1 aromatic rings. The third-order valence-electron chi connectivity index (χ3n) is 1.93. The number of nitrogens with zero attached hydrogens (tertiary/aromatic N) is 3. The molecule has 0 radical (unpaired) electrons. The van der Waals surface area contributed by atoms with Crippen LogP contribution in [0.25, 0.3) is 0 Å². The van der Waals surface area contributed by atoms with Gasteiger partial charge in [0, 0.05) is 18.4 Å². The van der Waals surface area contributed by atoms with Crippen molar-refractivity contribution in [2.45, 2.75) is 31.8 Å². The van der Waals surface area contributed by atoms with E-state index >= 15 is 0 Å². The SMILES string of the molecule is CC(C)n1ccn(CC(Cl)C#N)c1=O. The highest BCUT2D eigenvalue weighted by Gasteiger charge is 2.09. The minimum absolute atomic E-state index is 0.124. The van der Waals surface area contributed by atoms with Crippen LogP contribution in [-0.2, 0) is 6.54 Å². The molecule has 0 saturated carbocycles. The number of rotatable bonds is 3. The highest BCUT2D eigenvalue weighted by atomic mass is 35.5. The second kappa shape index (κ2) is 4.34. The number of alkyl halides is 1. The number of halogens is 1. The largest absolute Gasteiger partial charge is 0.328 e. The Morgan fingerprint density at radius 3 is 2.64 bits per heavy atom. The van der Waals surface area contributed by atoms with Gasteiger partial charge in [0.1, 0.15) is 5.38 Å². The molecule has 0 bridgehead atoms. The number of aromatic nitrogens is 2. The van der Waals surface area contributed by atoms with E-state index in [1.54, 1.807) is 17.0 Å². The van der Waals surface area contributed by atoms with Crippen LogP contribution < -0.4 is 5.69 Å². The third-order valence-corrected chi connectivity index (χ3v) is 2.16. The van der Waals surface area contributed by atoms with Gasteiger partial charge in [0.05, 0.1) is 12.6 Å². The summed E-state index contributed by atoms with van der Waals surface area (Å²) in [5, 5.41) is 7.84. The third kappa shape index (κ3) is 2.18. The standard InChI is InChI=1S/C9H12ClN3O/c1-7(2)13-4-3-12(9(13)14)6-8(10)5-11/h3-4,7-8H,6H2,1-2H3. The van der Waals surface area contributed by atoms with Gasteiger partial charge >= 0.3 is 5.69 Å². The van der Waals surface area contributed by atoms with Gasteiger partial charge in [-0.3, -0.25) is 9.13 Å². The molecule has 0 amide bonds. The highest BCUT2D eigenvalue weighted by molar-refractivity contribution is 6.22. The Balaban J connectivity index is 2.92. The molecule has 0 aliphatic rings. The molecule has 0 fully saturated rings. The van der Waals surface area contributed by atoms with Crippen LogP contribution in [0.5, 0.6) is 0 Å². The van der Waals surface area contributed by atoms with Gasteiger partial charge in [0.2, 0.25) is 0 Å². The van der Waals surface area contributed by atoms with Crippen LogP contribution in [0.2, 0.25) is 0 Å². The van der Waals surface area contributed by atoms with E-state index in [9.17, 15) is 4.79 Å². The number of hydrogen-bond acceptors (Lipinski definition) is 2. The van der Waals surface area contributed by atoms with Crippen molar-refractivity contribution in [1.29, 1.82) is 5.26 Å². The molecule has 1 atom stereocenters. The number of imidazole rings is 1. The van der Waals surface area contributed by atoms with E-state index in [0.717, 1.165) is 0 Å². The Morgan fingerprint density at radius 2 is 2.21 bits per heavy atom. The molecule has 0 saturated heterocycles. The summed E-state index contributed by atoms with van der Waals surface area (Å²) >= 11 is 5.63. The van der Waals surface area contributed by atoms with Gasteiger partial charge < -0.3 is 0 Å². The predicted octanol–water partition coefficient (Wildman–Crippen LogP) is 1.36. The summed E-state index contributed by atoms with van der Waals surface area (Å²) in [6, 6.07) is 2.00. The van der Waals surface area contributed by atoms with Crippen LogP contribution in [0, 0.1) is 11.3 Å². The first kappa shape index (κ1) is 10.9. The van der Waals surface area contributed by atoms with Crippen LogP contribution in [0.4, 0.5) is 0 Å². The topological polar surface area (TPSA) is 50.7 Å². The first-order chi connectivity index (χ1) is 6.56. The minimum atomic E-state index is -0.657. The summed E-state index contributed by atoms with van der Waals surface area (Å²) in [5.74, 6) is 0. The Hall–Kier alpha value is -1.21. The summed E-state index contributed by atoms with van der Waals surface area (Å²) in [6.07, 6.45) is 3.35. The first-order valence-electron chi connectivity index (χ1n) is 4.37. The molecular weight excluding hydrogens is 202 g/mol. The van der Waals surface area contributed by atoms with E-state index in [4.69, 9.17) is 16.9 Å². The highest BCUT2D eigenvalue weighted by Crippen LogP contribution is 2.01. The van der Waals surface area contributed by atoms with Crippen LogP contribution in [0.1, 0.15) is 19.9 Å². The average Bonchev–Trinajstić information content (AvgIpc) is 2.48. The monoisotopic (exact) mass is 213 g/mol. The maximum absolute atomic E-state index is 11.6. The lowest BCUT2D eigenvalue weighted by Gasteiger charge is -2.04. The molecular formula is C9H12ClN3O. The van der Waals surface area contributed by atoms with E-state index in [-0.39, 0.29) is 18.3 Å². The lowest BCUT2D eigenvalue weighted by Crippen LogP contribution is -2.27. The Bertz CT molecular complexity index is 399. The van der Waals surface area contributed by atoms with Gasteiger partial charge in [-0.25, -0.2) is 4.79 Å². The Labute approximate surface area is 87.3 Å². The summed E-state index contributed by atoms with van der Waals surface area (Å²) in [5.41, 5.74) is -0.124. The normalized spacial score (nSPS) is 12.8. The molecule has 0 N–H and O–H groups in total. The molecule has 0 aliphatic heterocycles. The van der Waals surface area contributed by atoms with Gasteiger partial charge in [0.15, 0.2) is 0 Å². The fourth-order valence-electron chi connectivity index (χ4n) is 1.17. The van der Waals surface area contributed by atoms with Gasteiger partial charge in [-0.15, -0.1) is 11.6 Å². The molecule has 76 valence electrons. The van der Waals surface area contributed by atoms with Gasteiger partial charge in [0.25, 0.3) is 0 Å². The van der Waals surface area contributed by atoms with E-state index < -0.39 is 5.38 Å². The smallest absolute Gasteiger partial charge is 0.297 e. The first-order valence-corrected chi connectivity index (χ1v) is 4.81. The quantitative estimate of drug-likeness (QED) is 0.712. The van der Waals surface area contributed by atoms with E-state index in [1.165, 1.54) is 4.57 Å². The molecule has 1 aromatic heterocycles. The molecule has 1 unspecified atom stereocenters. The zero-order valence-corrected chi connectivity index (χ0v) is 8.90. The summed E-state index contributed by atoms with van der Waals surface area (Å²) in [4.78, 5) is 11.6. The Morgan fingerprint density at radius 1 is 1.57 bits per heavy atom. The van der Waals surface area contributed by atoms with Crippen molar-refractivity contribution in [3.05, 3.63) is 22.9 Å². The van der Waals surface area contributed by atoms with E-state index in [1.807, 2.05) is 19.9 Å². The molecule has 4 nitrogen and oxygen atoms in total. The number of nitriles is 1. The maximum atomic E-state index is 11.6. The molecule has 1 rings (SSSR count).